The summed E-state index contributed by atoms with van der Waals surface area (Å²) in [6, 6.07) is 11.4. The second-order valence-corrected chi connectivity index (χ2v) is 6.42. The zero-order chi connectivity index (χ0) is 18.6. The van der Waals surface area contributed by atoms with Crippen molar-refractivity contribution in [3.05, 3.63) is 72.1 Å². The second kappa shape index (κ2) is 7.19. The lowest BCUT2D eigenvalue weighted by molar-refractivity contribution is -0.125. The van der Waals surface area contributed by atoms with E-state index in [0.717, 1.165) is 16.7 Å². The molecule has 6 heteroatoms. The Hall–Kier alpha value is -3.46. The van der Waals surface area contributed by atoms with Gasteiger partial charge in [0.05, 0.1) is 36.0 Å². The minimum absolute atomic E-state index is 0.0716. The van der Waals surface area contributed by atoms with Crippen molar-refractivity contribution in [1.82, 2.24) is 15.3 Å². The van der Waals surface area contributed by atoms with Crippen LogP contribution in [0.5, 0.6) is 0 Å². The molecule has 0 unspecified atom stereocenters. The SMILES string of the molecule is CC(C)(C(=O)NCc1ccoc1)c1ccc(-c2cncc(C#N)n2)cc1. The third kappa shape index (κ3) is 3.62. The van der Waals surface area contributed by atoms with Gasteiger partial charge in [0.25, 0.3) is 0 Å². The van der Waals surface area contributed by atoms with Crippen LogP contribution >= 0.6 is 0 Å². The first-order chi connectivity index (χ1) is 12.5. The van der Waals surface area contributed by atoms with Crippen LogP contribution in [0.2, 0.25) is 0 Å². The third-order valence-electron chi connectivity index (χ3n) is 4.25. The lowest BCUT2D eigenvalue weighted by Crippen LogP contribution is -2.39. The van der Waals surface area contributed by atoms with Crippen molar-refractivity contribution < 1.29 is 9.21 Å². The molecule has 0 radical (unpaired) electrons. The van der Waals surface area contributed by atoms with Crippen LogP contribution in [0.3, 0.4) is 0 Å². The molecule has 3 aromatic rings. The number of benzene rings is 1. The Labute approximate surface area is 151 Å². The number of furan rings is 1. The van der Waals surface area contributed by atoms with Gasteiger partial charge in [-0.1, -0.05) is 24.3 Å². The van der Waals surface area contributed by atoms with Crippen LogP contribution in [-0.2, 0) is 16.8 Å². The molecule has 0 aliphatic heterocycles. The molecule has 2 aromatic heterocycles. The first-order valence-corrected chi connectivity index (χ1v) is 8.13. The fourth-order valence-electron chi connectivity index (χ4n) is 2.54. The van der Waals surface area contributed by atoms with E-state index in [1.54, 1.807) is 18.7 Å². The third-order valence-corrected chi connectivity index (χ3v) is 4.25. The number of carbonyl (C=O) groups excluding carboxylic acids is 1. The lowest BCUT2D eigenvalue weighted by Gasteiger charge is -2.24. The highest BCUT2D eigenvalue weighted by atomic mass is 16.3. The summed E-state index contributed by atoms with van der Waals surface area (Å²) in [6.07, 6.45) is 6.22. The predicted molar refractivity (Wildman–Crippen MR) is 95.8 cm³/mol. The smallest absolute Gasteiger partial charge is 0.230 e. The van der Waals surface area contributed by atoms with E-state index >= 15 is 0 Å². The molecule has 0 atom stereocenters. The number of hydrogen-bond acceptors (Lipinski definition) is 5. The minimum Gasteiger partial charge on any atom is -0.472 e. The topological polar surface area (TPSA) is 91.8 Å². The van der Waals surface area contributed by atoms with Gasteiger partial charge < -0.3 is 9.73 Å². The molecule has 0 aliphatic rings. The molecule has 26 heavy (non-hydrogen) atoms. The van der Waals surface area contributed by atoms with Gasteiger partial charge in [0.2, 0.25) is 5.91 Å². The Kier molecular flexibility index (Phi) is 4.81. The van der Waals surface area contributed by atoms with Crippen LogP contribution < -0.4 is 5.32 Å². The van der Waals surface area contributed by atoms with Crippen molar-refractivity contribution in [2.24, 2.45) is 0 Å². The molecule has 2 heterocycles. The van der Waals surface area contributed by atoms with Gasteiger partial charge in [0.1, 0.15) is 6.07 Å². The summed E-state index contributed by atoms with van der Waals surface area (Å²) >= 11 is 0. The number of rotatable bonds is 5. The van der Waals surface area contributed by atoms with Crippen molar-refractivity contribution in [2.75, 3.05) is 0 Å². The molecule has 1 amide bonds. The quantitative estimate of drug-likeness (QED) is 0.766. The summed E-state index contributed by atoms with van der Waals surface area (Å²) < 4.78 is 5.01. The van der Waals surface area contributed by atoms with E-state index in [0.29, 0.717) is 12.2 Å². The molecule has 6 nitrogen and oxygen atoms in total. The van der Waals surface area contributed by atoms with Gasteiger partial charge in [0, 0.05) is 17.7 Å². The maximum absolute atomic E-state index is 12.6. The molecule has 0 saturated carbocycles. The molecule has 0 bridgehead atoms. The normalized spacial score (nSPS) is 11.0. The Morgan fingerprint density at radius 1 is 1.23 bits per heavy atom. The van der Waals surface area contributed by atoms with Crippen LogP contribution in [0, 0.1) is 11.3 Å². The van der Waals surface area contributed by atoms with Crippen molar-refractivity contribution in [1.29, 1.82) is 5.26 Å². The number of nitrogens with zero attached hydrogens (tertiary/aromatic N) is 3. The number of amides is 1. The molecule has 1 N–H and O–H groups in total. The maximum atomic E-state index is 12.6. The zero-order valence-corrected chi connectivity index (χ0v) is 14.6. The highest BCUT2D eigenvalue weighted by Crippen LogP contribution is 2.26. The van der Waals surface area contributed by atoms with Crippen molar-refractivity contribution in [3.8, 4) is 17.3 Å². The molecule has 0 spiro atoms. The van der Waals surface area contributed by atoms with Gasteiger partial charge in [-0.05, 0) is 25.5 Å². The number of nitrogens with one attached hydrogen (secondary N) is 1. The Balaban J connectivity index is 1.75. The van der Waals surface area contributed by atoms with Crippen LogP contribution in [0.4, 0.5) is 0 Å². The van der Waals surface area contributed by atoms with E-state index in [1.807, 2.05) is 50.2 Å². The first-order valence-electron chi connectivity index (χ1n) is 8.13. The molecule has 3 rings (SSSR count). The lowest BCUT2D eigenvalue weighted by atomic mass is 9.83. The van der Waals surface area contributed by atoms with E-state index in [1.165, 1.54) is 6.20 Å². The van der Waals surface area contributed by atoms with Crippen LogP contribution in [0.25, 0.3) is 11.3 Å². The Morgan fingerprint density at radius 3 is 2.65 bits per heavy atom. The maximum Gasteiger partial charge on any atom is 0.230 e. The van der Waals surface area contributed by atoms with E-state index in [4.69, 9.17) is 9.68 Å². The number of carbonyl (C=O) groups is 1. The predicted octanol–water partition coefficient (Wildman–Crippen LogP) is 3.20. The molecular weight excluding hydrogens is 328 g/mol. The van der Waals surface area contributed by atoms with E-state index < -0.39 is 5.41 Å². The summed E-state index contributed by atoms with van der Waals surface area (Å²) in [5.74, 6) is -0.0716. The molecular formula is C20H18N4O2. The number of aromatic nitrogens is 2. The standard InChI is InChI=1S/C20H18N4O2/c1-20(2,19(25)23-10-14-7-8-26-13-14)16-5-3-15(4-6-16)18-12-22-11-17(9-21)24-18/h3-8,11-13H,10H2,1-2H3,(H,23,25). The van der Waals surface area contributed by atoms with Gasteiger partial charge in [-0.25, -0.2) is 4.98 Å². The van der Waals surface area contributed by atoms with Crippen LogP contribution in [0.15, 0.2) is 59.7 Å². The summed E-state index contributed by atoms with van der Waals surface area (Å²) in [7, 11) is 0. The fourth-order valence-corrected chi connectivity index (χ4v) is 2.54. The average Bonchev–Trinajstić information content (AvgIpc) is 3.19. The monoisotopic (exact) mass is 346 g/mol. The first kappa shape index (κ1) is 17.4. The van der Waals surface area contributed by atoms with E-state index in [2.05, 4.69) is 15.3 Å². The number of hydrogen-bond donors (Lipinski definition) is 1. The zero-order valence-electron chi connectivity index (χ0n) is 14.6. The summed E-state index contributed by atoms with van der Waals surface area (Å²) in [4.78, 5) is 20.9. The van der Waals surface area contributed by atoms with Crippen molar-refractivity contribution in [2.45, 2.75) is 25.8 Å². The fraction of sp³-hybridized carbons (Fsp3) is 0.200. The summed E-state index contributed by atoms with van der Waals surface area (Å²) in [5, 5.41) is 11.9. The molecule has 0 fully saturated rings. The molecule has 0 saturated heterocycles. The minimum atomic E-state index is -0.692. The van der Waals surface area contributed by atoms with Crippen molar-refractivity contribution >= 4 is 5.91 Å². The van der Waals surface area contributed by atoms with Gasteiger partial charge in [0.15, 0.2) is 5.69 Å². The van der Waals surface area contributed by atoms with Crippen LogP contribution in [-0.4, -0.2) is 15.9 Å². The van der Waals surface area contributed by atoms with E-state index in [-0.39, 0.29) is 11.6 Å². The van der Waals surface area contributed by atoms with Crippen molar-refractivity contribution in [3.63, 3.8) is 0 Å². The molecule has 0 aliphatic carbocycles. The van der Waals surface area contributed by atoms with Crippen LogP contribution in [0.1, 0.15) is 30.7 Å². The molecule has 130 valence electrons. The molecule has 1 aromatic carbocycles. The highest BCUT2D eigenvalue weighted by molar-refractivity contribution is 5.87. The summed E-state index contributed by atoms with van der Waals surface area (Å²) in [5.41, 5.74) is 2.84. The Morgan fingerprint density at radius 2 is 2.00 bits per heavy atom. The van der Waals surface area contributed by atoms with Gasteiger partial charge in [-0.15, -0.1) is 0 Å². The second-order valence-electron chi connectivity index (χ2n) is 6.42. The highest BCUT2D eigenvalue weighted by Gasteiger charge is 2.29. The van der Waals surface area contributed by atoms with Gasteiger partial charge in [-0.3, -0.25) is 9.78 Å². The number of nitriles is 1. The van der Waals surface area contributed by atoms with Gasteiger partial charge in [-0.2, -0.15) is 5.26 Å². The Bertz CT molecular complexity index is 939. The van der Waals surface area contributed by atoms with Gasteiger partial charge >= 0.3 is 0 Å². The van der Waals surface area contributed by atoms with E-state index in [9.17, 15) is 4.79 Å². The average molecular weight is 346 g/mol. The summed E-state index contributed by atoms with van der Waals surface area (Å²) in [6.45, 7) is 4.18. The largest absolute Gasteiger partial charge is 0.472 e.